The topological polar surface area (TPSA) is 150 Å². The summed E-state index contributed by atoms with van der Waals surface area (Å²) in [6.07, 6.45) is -3.36. The second-order valence-electron chi connectivity index (χ2n) is 18.6. The lowest BCUT2D eigenvalue weighted by molar-refractivity contribution is -0.320. The highest BCUT2D eigenvalue weighted by atomic mass is 16.7. The molecule has 14 nitrogen and oxygen atoms in total. The molecule has 4 aliphatic rings. The van der Waals surface area contributed by atoms with Gasteiger partial charge < -0.3 is 57.4 Å². The van der Waals surface area contributed by atoms with Gasteiger partial charge in [-0.05, 0) is 93.8 Å². The molecule has 17 atom stereocenters. The van der Waals surface area contributed by atoms with Crippen molar-refractivity contribution in [2.45, 2.75) is 213 Å². The molecule has 0 aromatic carbocycles. The van der Waals surface area contributed by atoms with Gasteiger partial charge in [0.05, 0.1) is 47.9 Å². The van der Waals surface area contributed by atoms with Crippen molar-refractivity contribution >= 4 is 11.9 Å². The molecule has 2 unspecified atom stereocenters. The normalized spacial score (nSPS) is 41.1. The summed E-state index contributed by atoms with van der Waals surface area (Å²) in [7, 11) is 5.56. The number of cyclic esters (lactones) is 1. The Bertz CT molecular complexity index is 1420. The molecule has 2 bridgehead atoms. The number of carbonyl (C=O) groups excluding carboxylic acids is 2. The van der Waals surface area contributed by atoms with Crippen molar-refractivity contribution in [2.24, 2.45) is 17.8 Å². The molecule has 59 heavy (non-hydrogen) atoms. The first-order valence-corrected chi connectivity index (χ1v) is 22.1. The van der Waals surface area contributed by atoms with Crippen LogP contribution in [-0.2, 0) is 57.0 Å². The lowest BCUT2D eigenvalue weighted by Gasteiger charge is -2.49. The molecule has 0 spiro atoms. The molecule has 3 saturated heterocycles. The molecule has 1 N–H and O–H groups in total. The van der Waals surface area contributed by atoms with E-state index in [1.54, 1.807) is 21.0 Å². The SMILES string of the molecule is CCCO[C@H](CC)[C@@](C)(O)[C@@H]1OC(=O)[C@H](C)[C@@H](OC2C[C@@](C)(OC)[C@@H](OCCC)[C@H](C)O2)[C@H](C)[C@@H](OC2O[C@H](C)C[C@H](N(C)C)[C@H]2OC(C)=O)[C@@]2(C)CC(C)=C(O2)[C@H]1C. The highest BCUT2D eigenvalue weighted by molar-refractivity contribution is 5.73. The average molecular weight is 842 g/mol. The standard InChI is InChI=1S/C45H79NO13/c1-17-20-51-33(19-3)45(13,49)39-27(6)35-25(4)23-44(12,59-35)38(58-42-37(55-31(10)47)32(46(14)15)22-26(5)53-42)28(7)36(29(8)41(48)57-39)56-34-24-43(11,50-16)40(30(9)54-34)52-21-18-2/h26-30,32-34,36-40,42,49H,17-24H2,1-16H3/t26-,27-,28+,29-,30+,32+,33-,34?,36+,37-,38-,39-,40+,42?,43-,44-,45-/m1/s1. The number of nitrogens with zero attached hydrogens (tertiary/aromatic N) is 1. The molecule has 0 aliphatic carbocycles. The van der Waals surface area contributed by atoms with E-state index in [0.717, 1.165) is 18.4 Å². The molecule has 0 saturated carbocycles. The first-order valence-electron chi connectivity index (χ1n) is 22.1. The van der Waals surface area contributed by atoms with E-state index in [1.165, 1.54) is 6.92 Å². The Labute approximate surface area is 354 Å². The van der Waals surface area contributed by atoms with Crippen molar-refractivity contribution in [1.82, 2.24) is 4.90 Å². The first kappa shape index (κ1) is 49.8. The van der Waals surface area contributed by atoms with Gasteiger partial charge in [0.25, 0.3) is 0 Å². The summed E-state index contributed by atoms with van der Waals surface area (Å²) in [5, 5.41) is 12.4. The number of methoxy groups -OCH3 is 1. The van der Waals surface area contributed by atoms with Crippen LogP contribution in [0.1, 0.15) is 129 Å². The summed E-state index contributed by atoms with van der Waals surface area (Å²) in [4.78, 5) is 29.4. The van der Waals surface area contributed by atoms with Crippen LogP contribution in [0.5, 0.6) is 0 Å². The lowest BCUT2D eigenvalue weighted by Crippen LogP contribution is -2.61. The van der Waals surface area contributed by atoms with Gasteiger partial charge in [0.15, 0.2) is 18.7 Å². The van der Waals surface area contributed by atoms with Crippen molar-refractivity contribution < 1.29 is 62.1 Å². The summed E-state index contributed by atoms with van der Waals surface area (Å²) >= 11 is 0. The largest absolute Gasteiger partial charge is 0.488 e. The molecular formula is C45H79NO13. The number of hydrogen-bond acceptors (Lipinski definition) is 14. The van der Waals surface area contributed by atoms with Gasteiger partial charge in [-0.2, -0.15) is 0 Å². The number of ether oxygens (including phenoxy) is 10. The third-order valence-corrected chi connectivity index (χ3v) is 13.2. The van der Waals surface area contributed by atoms with Gasteiger partial charge in [-0.1, -0.05) is 34.6 Å². The predicted octanol–water partition coefficient (Wildman–Crippen LogP) is 6.33. The van der Waals surface area contributed by atoms with E-state index in [0.29, 0.717) is 44.7 Å². The number of aliphatic hydroxyl groups is 1. The summed E-state index contributed by atoms with van der Waals surface area (Å²) in [6.45, 7) is 25.7. The molecule has 4 heterocycles. The average Bonchev–Trinajstić information content (AvgIpc) is 3.48. The van der Waals surface area contributed by atoms with Gasteiger partial charge >= 0.3 is 11.9 Å². The van der Waals surface area contributed by atoms with Crippen molar-refractivity contribution in [3.05, 3.63) is 11.3 Å². The summed E-state index contributed by atoms with van der Waals surface area (Å²) in [5.41, 5.74) is -2.45. The minimum Gasteiger partial charge on any atom is -0.488 e. The minimum absolute atomic E-state index is 0.199. The van der Waals surface area contributed by atoms with Crippen LogP contribution in [-0.4, -0.2) is 141 Å². The van der Waals surface area contributed by atoms with E-state index in [-0.39, 0.29) is 18.2 Å². The third-order valence-electron chi connectivity index (χ3n) is 13.2. The molecule has 342 valence electrons. The zero-order valence-electron chi connectivity index (χ0n) is 39.0. The highest BCUT2D eigenvalue weighted by Gasteiger charge is 2.57. The number of fused-ring (bicyclic) bond motifs is 2. The van der Waals surface area contributed by atoms with Gasteiger partial charge in [-0.3, -0.25) is 9.59 Å². The fraction of sp³-hybridized carbons (Fsp3) is 0.911. The second kappa shape index (κ2) is 20.5. The van der Waals surface area contributed by atoms with Gasteiger partial charge in [0, 0.05) is 46.0 Å². The number of likely N-dealkylation sites (N-methyl/N-ethyl adjacent to an activating group) is 1. The summed E-state index contributed by atoms with van der Waals surface area (Å²) in [6, 6.07) is -0.199. The molecule has 0 radical (unpaired) electrons. The maximum Gasteiger partial charge on any atom is 0.311 e. The van der Waals surface area contributed by atoms with Gasteiger partial charge in [0.2, 0.25) is 0 Å². The molecule has 14 heteroatoms. The summed E-state index contributed by atoms with van der Waals surface area (Å²) < 4.78 is 65.5. The Morgan fingerprint density at radius 1 is 0.983 bits per heavy atom. The van der Waals surface area contributed by atoms with E-state index in [1.807, 2.05) is 81.3 Å². The maximum atomic E-state index is 14.8. The Morgan fingerprint density at radius 3 is 2.22 bits per heavy atom. The van der Waals surface area contributed by atoms with E-state index < -0.39 is 95.7 Å². The van der Waals surface area contributed by atoms with Crippen molar-refractivity contribution in [1.29, 1.82) is 0 Å². The Hall–Kier alpha value is -1.88. The van der Waals surface area contributed by atoms with Crippen LogP contribution >= 0.6 is 0 Å². The van der Waals surface area contributed by atoms with E-state index in [2.05, 4.69) is 6.92 Å². The van der Waals surface area contributed by atoms with Gasteiger partial charge in [0.1, 0.15) is 35.3 Å². The van der Waals surface area contributed by atoms with Crippen LogP contribution in [0.25, 0.3) is 0 Å². The number of rotatable bonds is 16. The molecule has 0 aromatic heterocycles. The van der Waals surface area contributed by atoms with E-state index in [9.17, 15) is 14.7 Å². The Balaban J connectivity index is 1.87. The zero-order valence-corrected chi connectivity index (χ0v) is 39.0. The summed E-state index contributed by atoms with van der Waals surface area (Å²) in [5.74, 6) is -2.42. The van der Waals surface area contributed by atoms with Crippen LogP contribution in [0.15, 0.2) is 11.3 Å². The molecule has 4 rings (SSSR count). The Kier molecular flexibility index (Phi) is 17.3. The Morgan fingerprint density at radius 2 is 1.64 bits per heavy atom. The molecular weight excluding hydrogens is 762 g/mol. The fourth-order valence-corrected chi connectivity index (χ4v) is 10.1. The molecule has 0 amide bonds. The maximum absolute atomic E-state index is 14.8. The highest BCUT2D eigenvalue weighted by Crippen LogP contribution is 2.48. The molecule has 4 aliphatic heterocycles. The van der Waals surface area contributed by atoms with E-state index in [4.69, 9.17) is 47.4 Å². The van der Waals surface area contributed by atoms with E-state index >= 15 is 0 Å². The second-order valence-corrected chi connectivity index (χ2v) is 18.6. The number of carbonyl (C=O) groups is 2. The minimum atomic E-state index is -1.60. The van der Waals surface area contributed by atoms with Crippen molar-refractivity contribution in [3.63, 3.8) is 0 Å². The number of esters is 2. The van der Waals surface area contributed by atoms with Crippen LogP contribution in [0.2, 0.25) is 0 Å². The first-order chi connectivity index (χ1) is 27.6. The fourth-order valence-electron chi connectivity index (χ4n) is 10.1. The van der Waals surface area contributed by atoms with Crippen molar-refractivity contribution in [3.8, 4) is 0 Å². The van der Waals surface area contributed by atoms with Crippen LogP contribution < -0.4 is 0 Å². The predicted molar refractivity (Wildman–Crippen MR) is 221 cm³/mol. The smallest absolute Gasteiger partial charge is 0.311 e. The lowest BCUT2D eigenvalue weighted by atomic mass is 9.78. The number of hydrogen-bond donors (Lipinski definition) is 1. The third kappa shape index (κ3) is 11.0. The van der Waals surface area contributed by atoms with Gasteiger partial charge in [-0.25, -0.2) is 0 Å². The van der Waals surface area contributed by atoms with Crippen LogP contribution in [0.4, 0.5) is 0 Å². The monoisotopic (exact) mass is 842 g/mol. The van der Waals surface area contributed by atoms with Crippen molar-refractivity contribution in [2.75, 3.05) is 34.4 Å². The quantitative estimate of drug-likeness (QED) is 0.173. The molecule has 0 aromatic rings. The van der Waals surface area contributed by atoms with Gasteiger partial charge in [-0.15, -0.1) is 0 Å². The van der Waals surface area contributed by atoms with Crippen LogP contribution in [0.3, 0.4) is 0 Å². The molecule has 3 fully saturated rings. The zero-order chi connectivity index (χ0) is 44.2. The van der Waals surface area contributed by atoms with Crippen LogP contribution in [0, 0.1) is 17.8 Å².